The summed E-state index contributed by atoms with van der Waals surface area (Å²) in [6, 6.07) is 8.31. The molecule has 6 heteroatoms. The number of amides is 2. The molecule has 0 aromatic heterocycles. The van der Waals surface area contributed by atoms with Crippen LogP contribution in [0.4, 0.5) is 0 Å². The predicted octanol–water partition coefficient (Wildman–Crippen LogP) is 1.12. The van der Waals surface area contributed by atoms with Crippen molar-refractivity contribution in [1.82, 2.24) is 5.32 Å². The standard InChI is InChI=1S/C14H21N3O2.ClH/c1-9(2)13(14(16)19)17-12(18)8-11(15)10-6-4-3-5-7-10;/h3-7,9,11,13H,8,15H2,1-2H3,(H2,16,19)(H,17,18);1H. The maximum atomic E-state index is 11.8. The summed E-state index contributed by atoms with van der Waals surface area (Å²) in [5, 5.41) is 2.62. The first-order valence-electron chi connectivity index (χ1n) is 6.31. The van der Waals surface area contributed by atoms with Crippen LogP contribution in [-0.4, -0.2) is 17.9 Å². The molecular formula is C14H22ClN3O2. The lowest BCUT2D eigenvalue weighted by molar-refractivity contribution is -0.128. The number of carbonyl (C=O) groups is 2. The summed E-state index contributed by atoms with van der Waals surface area (Å²) in [5.74, 6) is -0.847. The van der Waals surface area contributed by atoms with Crippen molar-refractivity contribution in [2.24, 2.45) is 17.4 Å². The molecule has 0 bridgehead atoms. The van der Waals surface area contributed by atoms with E-state index in [4.69, 9.17) is 11.5 Å². The molecule has 2 atom stereocenters. The molecule has 2 unspecified atom stereocenters. The number of nitrogens with two attached hydrogens (primary N) is 2. The number of hydrogen-bond acceptors (Lipinski definition) is 3. The van der Waals surface area contributed by atoms with Crippen molar-refractivity contribution >= 4 is 24.2 Å². The van der Waals surface area contributed by atoms with Gasteiger partial charge in [0.05, 0.1) is 0 Å². The summed E-state index contributed by atoms with van der Waals surface area (Å²) in [7, 11) is 0. The first kappa shape index (κ1) is 18.4. The van der Waals surface area contributed by atoms with Crippen molar-refractivity contribution in [3.63, 3.8) is 0 Å². The van der Waals surface area contributed by atoms with E-state index in [1.54, 1.807) is 0 Å². The zero-order chi connectivity index (χ0) is 14.4. The van der Waals surface area contributed by atoms with Gasteiger partial charge in [0.2, 0.25) is 11.8 Å². The highest BCUT2D eigenvalue weighted by atomic mass is 35.5. The van der Waals surface area contributed by atoms with Gasteiger partial charge in [0.1, 0.15) is 6.04 Å². The zero-order valence-corrected chi connectivity index (χ0v) is 12.5. The van der Waals surface area contributed by atoms with Crippen LogP contribution in [0.2, 0.25) is 0 Å². The fourth-order valence-electron chi connectivity index (χ4n) is 1.82. The Hall–Kier alpha value is -1.59. The van der Waals surface area contributed by atoms with Crippen LogP contribution < -0.4 is 16.8 Å². The van der Waals surface area contributed by atoms with Crippen molar-refractivity contribution in [1.29, 1.82) is 0 Å². The molecule has 20 heavy (non-hydrogen) atoms. The van der Waals surface area contributed by atoms with Gasteiger partial charge in [-0.1, -0.05) is 44.2 Å². The predicted molar refractivity (Wildman–Crippen MR) is 81.2 cm³/mol. The number of hydrogen-bond donors (Lipinski definition) is 3. The minimum atomic E-state index is -0.657. The van der Waals surface area contributed by atoms with Crippen molar-refractivity contribution < 1.29 is 9.59 Å². The molecule has 0 fully saturated rings. The highest BCUT2D eigenvalue weighted by Gasteiger charge is 2.22. The molecule has 0 saturated carbocycles. The SMILES string of the molecule is CC(C)C(NC(=O)CC(N)c1ccccc1)C(N)=O.Cl. The van der Waals surface area contributed by atoms with Crippen molar-refractivity contribution in [2.45, 2.75) is 32.4 Å². The van der Waals surface area contributed by atoms with Crippen LogP contribution in [0.3, 0.4) is 0 Å². The van der Waals surface area contributed by atoms with Gasteiger partial charge in [-0.25, -0.2) is 0 Å². The third-order valence-corrected chi connectivity index (χ3v) is 2.92. The summed E-state index contributed by atoms with van der Waals surface area (Å²) in [4.78, 5) is 23.1. The highest BCUT2D eigenvalue weighted by molar-refractivity contribution is 5.87. The van der Waals surface area contributed by atoms with Crippen molar-refractivity contribution in [3.8, 4) is 0 Å². The maximum Gasteiger partial charge on any atom is 0.240 e. The van der Waals surface area contributed by atoms with Gasteiger partial charge in [-0.2, -0.15) is 0 Å². The van der Waals surface area contributed by atoms with E-state index in [9.17, 15) is 9.59 Å². The Kier molecular flexibility index (Phi) is 7.87. The lowest BCUT2D eigenvalue weighted by Crippen LogP contribution is -2.48. The largest absolute Gasteiger partial charge is 0.368 e. The minimum Gasteiger partial charge on any atom is -0.368 e. The van der Waals surface area contributed by atoms with E-state index < -0.39 is 11.9 Å². The summed E-state index contributed by atoms with van der Waals surface area (Å²) >= 11 is 0. The molecule has 1 aromatic carbocycles. The fraction of sp³-hybridized carbons (Fsp3) is 0.429. The molecular weight excluding hydrogens is 278 g/mol. The molecule has 0 aliphatic rings. The third kappa shape index (κ3) is 5.59. The first-order valence-corrected chi connectivity index (χ1v) is 6.31. The molecule has 0 saturated heterocycles. The van der Waals surface area contributed by atoms with Crippen LogP contribution in [-0.2, 0) is 9.59 Å². The van der Waals surface area contributed by atoms with Gasteiger partial charge in [0, 0.05) is 12.5 Å². The van der Waals surface area contributed by atoms with Gasteiger partial charge in [-0.3, -0.25) is 9.59 Å². The summed E-state index contributed by atoms with van der Waals surface area (Å²) in [5.41, 5.74) is 12.1. The van der Waals surface area contributed by atoms with Gasteiger partial charge in [-0.05, 0) is 11.5 Å². The van der Waals surface area contributed by atoms with Crippen LogP contribution >= 0.6 is 12.4 Å². The molecule has 0 aliphatic carbocycles. The monoisotopic (exact) mass is 299 g/mol. The lowest BCUT2D eigenvalue weighted by Gasteiger charge is -2.20. The number of carbonyl (C=O) groups excluding carboxylic acids is 2. The Bertz CT molecular complexity index is 437. The van der Waals surface area contributed by atoms with E-state index in [1.807, 2.05) is 44.2 Å². The van der Waals surface area contributed by atoms with E-state index in [1.165, 1.54) is 0 Å². The Labute approximate surface area is 125 Å². The number of rotatable bonds is 6. The van der Waals surface area contributed by atoms with Gasteiger partial charge >= 0.3 is 0 Å². The maximum absolute atomic E-state index is 11.8. The normalized spacial score (nSPS) is 13.2. The molecule has 112 valence electrons. The number of primary amides is 1. The van der Waals surface area contributed by atoms with Crippen molar-refractivity contribution in [2.75, 3.05) is 0 Å². The fourth-order valence-corrected chi connectivity index (χ4v) is 1.82. The summed E-state index contributed by atoms with van der Waals surface area (Å²) in [6.07, 6.45) is 0.126. The topological polar surface area (TPSA) is 98.2 Å². The quantitative estimate of drug-likeness (QED) is 0.734. The Morgan fingerprint density at radius 2 is 1.75 bits per heavy atom. The molecule has 2 amide bonds. The van der Waals surface area contributed by atoms with Crippen LogP contribution in [0.5, 0.6) is 0 Å². The molecule has 5 nitrogen and oxygen atoms in total. The molecule has 0 aliphatic heterocycles. The molecule has 1 aromatic rings. The van der Waals surface area contributed by atoms with Crippen molar-refractivity contribution in [3.05, 3.63) is 35.9 Å². The lowest BCUT2D eigenvalue weighted by atomic mass is 10.0. The van der Waals surface area contributed by atoms with E-state index >= 15 is 0 Å². The smallest absolute Gasteiger partial charge is 0.240 e. The average molecular weight is 300 g/mol. The second kappa shape index (κ2) is 8.55. The van der Waals surface area contributed by atoms with Crippen LogP contribution in [0.25, 0.3) is 0 Å². The second-order valence-electron chi connectivity index (χ2n) is 4.91. The van der Waals surface area contributed by atoms with E-state index in [2.05, 4.69) is 5.32 Å². The molecule has 0 heterocycles. The Morgan fingerprint density at radius 3 is 2.20 bits per heavy atom. The third-order valence-electron chi connectivity index (χ3n) is 2.92. The van der Waals surface area contributed by atoms with E-state index in [0.29, 0.717) is 0 Å². The first-order chi connectivity index (χ1) is 8.91. The Balaban J connectivity index is 0.00000361. The summed E-state index contributed by atoms with van der Waals surface area (Å²) < 4.78 is 0. The molecule has 5 N–H and O–H groups in total. The second-order valence-corrected chi connectivity index (χ2v) is 4.91. The van der Waals surface area contributed by atoms with Gasteiger partial charge in [0.15, 0.2) is 0 Å². The van der Waals surface area contributed by atoms with E-state index in [0.717, 1.165) is 5.56 Å². The van der Waals surface area contributed by atoms with Gasteiger partial charge < -0.3 is 16.8 Å². The van der Waals surface area contributed by atoms with Gasteiger partial charge in [0.25, 0.3) is 0 Å². The van der Waals surface area contributed by atoms with Gasteiger partial charge in [-0.15, -0.1) is 12.4 Å². The molecule has 0 radical (unpaired) electrons. The number of halogens is 1. The van der Waals surface area contributed by atoms with Crippen LogP contribution in [0.1, 0.15) is 31.9 Å². The highest BCUT2D eigenvalue weighted by Crippen LogP contribution is 2.13. The Morgan fingerprint density at radius 1 is 1.20 bits per heavy atom. The summed E-state index contributed by atoms with van der Waals surface area (Å²) in [6.45, 7) is 3.65. The van der Waals surface area contributed by atoms with Crippen LogP contribution in [0.15, 0.2) is 30.3 Å². The number of nitrogens with one attached hydrogen (secondary N) is 1. The average Bonchev–Trinajstić information content (AvgIpc) is 2.36. The molecule has 1 rings (SSSR count). The molecule has 0 spiro atoms. The minimum absolute atomic E-state index is 0. The van der Waals surface area contributed by atoms with E-state index in [-0.39, 0.29) is 36.7 Å². The van der Waals surface area contributed by atoms with Crippen LogP contribution in [0, 0.1) is 5.92 Å². The number of benzene rings is 1. The zero-order valence-electron chi connectivity index (χ0n) is 11.7.